The van der Waals surface area contributed by atoms with Crippen molar-refractivity contribution in [3.8, 4) is 11.4 Å². The fourth-order valence-corrected chi connectivity index (χ4v) is 4.06. The normalized spacial score (nSPS) is 20.7. The molecule has 2 fully saturated rings. The van der Waals surface area contributed by atoms with Gasteiger partial charge in [-0.1, -0.05) is 17.7 Å². The van der Waals surface area contributed by atoms with E-state index in [-0.39, 0.29) is 24.4 Å². The number of nitrogens with zero attached hydrogens (tertiary/aromatic N) is 2. The number of aliphatic hydroxyl groups excluding tert-OH is 1. The van der Waals surface area contributed by atoms with Crippen molar-refractivity contribution in [2.45, 2.75) is 50.3 Å². The zero-order valence-electron chi connectivity index (χ0n) is 16.2. The number of anilines is 1. The first-order valence-electron chi connectivity index (χ1n) is 9.98. The van der Waals surface area contributed by atoms with Gasteiger partial charge < -0.3 is 20.7 Å². The van der Waals surface area contributed by atoms with Gasteiger partial charge >= 0.3 is 0 Å². The number of nitrogens with one attached hydrogen (secondary N) is 3. The second-order valence-electron chi connectivity index (χ2n) is 7.84. The summed E-state index contributed by atoms with van der Waals surface area (Å²) < 4.78 is 0. The minimum atomic E-state index is -0.390. The monoisotopic (exact) mass is 447 g/mol. The van der Waals surface area contributed by atoms with Crippen LogP contribution in [0, 0.1) is 0 Å². The standard InChI is InChI=1S/C21H22ClN5O2.ClH/c22-14-10-23-21(26-16-5-2-6-18(16)28)27-19(14)17-9-13-12(3-1-4-15(13)25-17)20(29)24-11-7-8-11;/h1,3-4,9-11,16,18,25,28H,2,5-8H2,(H,24,29)(H,23,26,27);1H/t16?,18-;/m0./s1. The molecule has 0 saturated heterocycles. The molecule has 2 aromatic heterocycles. The second-order valence-corrected chi connectivity index (χ2v) is 8.24. The molecule has 30 heavy (non-hydrogen) atoms. The summed E-state index contributed by atoms with van der Waals surface area (Å²) in [5.74, 6) is 0.371. The molecule has 2 heterocycles. The van der Waals surface area contributed by atoms with Gasteiger partial charge in [0.25, 0.3) is 5.91 Å². The third kappa shape index (κ3) is 4.10. The fourth-order valence-electron chi connectivity index (χ4n) is 3.87. The van der Waals surface area contributed by atoms with Crippen LogP contribution in [0.25, 0.3) is 22.3 Å². The van der Waals surface area contributed by atoms with Crippen molar-refractivity contribution in [3.63, 3.8) is 0 Å². The molecule has 2 aliphatic carbocycles. The summed E-state index contributed by atoms with van der Waals surface area (Å²) in [5, 5.41) is 17.5. The maximum Gasteiger partial charge on any atom is 0.252 e. The molecule has 3 aromatic rings. The first-order valence-corrected chi connectivity index (χ1v) is 10.4. The van der Waals surface area contributed by atoms with Gasteiger partial charge in [0.1, 0.15) is 5.69 Å². The van der Waals surface area contributed by atoms with Crippen LogP contribution < -0.4 is 10.6 Å². The summed E-state index contributed by atoms with van der Waals surface area (Å²) in [6.07, 6.45) is 5.90. The van der Waals surface area contributed by atoms with Crippen molar-refractivity contribution in [3.05, 3.63) is 41.0 Å². The van der Waals surface area contributed by atoms with E-state index >= 15 is 0 Å². The lowest BCUT2D eigenvalue weighted by molar-refractivity contribution is 0.0952. The quantitative estimate of drug-likeness (QED) is 0.474. The van der Waals surface area contributed by atoms with Gasteiger partial charge in [-0.3, -0.25) is 4.79 Å². The molecule has 1 aromatic carbocycles. The molecule has 0 bridgehead atoms. The van der Waals surface area contributed by atoms with Crippen molar-refractivity contribution in [2.24, 2.45) is 0 Å². The first-order chi connectivity index (χ1) is 14.1. The average Bonchev–Trinajstić information content (AvgIpc) is 3.27. The number of hydrogen-bond donors (Lipinski definition) is 4. The van der Waals surface area contributed by atoms with Crippen LogP contribution in [-0.2, 0) is 0 Å². The molecule has 4 N–H and O–H groups in total. The number of hydrogen-bond acceptors (Lipinski definition) is 5. The molecule has 1 amide bonds. The molecule has 7 nitrogen and oxygen atoms in total. The van der Waals surface area contributed by atoms with E-state index in [0.717, 1.165) is 43.0 Å². The summed E-state index contributed by atoms with van der Waals surface area (Å²) in [4.78, 5) is 24.7. The number of aromatic amines is 1. The van der Waals surface area contributed by atoms with Crippen LogP contribution in [0.2, 0.25) is 5.02 Å². The van der Waals surface area contributed by atoms with E-state index in [1.54, 1.807) is 6.20 Å². The number of carbonyl (C=O) groups excluding carboxylic acids is 1. The number of benzene rings is 1. The van der Waals surface area contributed by atoms with Gasteiger partial charge in [0, 0.05) is 22.5 Å². The number of amides is 1. The predicted molar refractivity (Wildman–Crippen MR) is 119 cm³/mol. The van der Waals surface area contributed by atoms with Crippen molar-refractivity contribution in [1.82, 2.24) is 20.3 Å². The van der Waals surface area contributed by atoms with Gasteiger partial charge in [0.05, 0.1) is 29.1 Å². The fraction of sp³-hybridized carbons (Fsp3) is 0.381. The Kier molecular flexibility index (Phi) is 5.86. The number of fused-ring (bicyclic) bond motifs is 1. The number of carbonyl (C=O) groups is 1. The summed E-state index contributed by atoms with van der Waals surface area (Å²) in [6, 6.07) is 7.76. The van der Waals surface area contributed by atoms with Crippen LogP contribution in [-0.4, -0.2) is 44.2 Å². The van der Waals surface area contributed by atoms with Crippen LogP contribution in [0.3, 0.4) is 0 Å². The van der Waals surface area contributed by atoms with E-state index in [0.29, 0.717) is 34.0 Å². The molecule has 0 spiro atoms. The van der Waals surface area contributed by atoms with Gasteiger partial charge in [0.15, 0.2) is 0 Å². The molecular formula is C21H23Cl2N5O2. The molecule has 5 rings (SSSR count). The summed E-state index contributed by atoms with van der Waals surface area (Å²) >= 11 is 6.38. The summed E-state index contributed by atoms with van der Waals surface area (Å²) in [5.41, 5.74) is 2.75. The molecule has 1 unspecified atom stereocenters. The topological polar surface area (TPSA) is 103 Å². The lowest BCUT2D eigenvalue weighted by Gasteiger charge is -2.16. The maximum absolute atomic E-state index is 12.6. The highest BCUT2D eigenvalue weighted by Crippen LogP contribution is 2.31. The second kappa shape index (κ2) is 8.41. The zero-order chi connectivity index (χ0) is 20.0. The number of aliphatic hydroxyl groups is 1. The molecule has 2 atom stereocenters. The molecular weight excluding hydrogens is 425 g/mol. The van der Waals surface area contributed by atoms with Crippen molar-refractivity contribution >= 4 is 46.8 Å². The number of halogens is 2. The van der Waals surface area contributed by atoms with Crippen LogP contribution in [0.5, 0.6) is 0 Å². The Morgan fingerprint density at radius 2 is 2.07 bits per heavy atom. The number of aromatic nitrogens is 3. The molecule has 2 saturated carbocycles. The van der Waals surface area contributed by atoms with E-state index in [4.69, 9.17) is 11.6 Å². The molecule has 158 valence electrons. The predicted octanol–water partition coefficient (Wildman–Crippen LogP) is 3.92. The molecule has 2 aliphatic rings. The lowest BCUT2D eigenvalue weighted by atomic mass is 10.1. The highest BCUT2D eigenvalue weighted by atomic mass is 35.5. The Morgan fingerprint density at radius 3 is 2.80 bits per heavy atom. The third-order valence-electron chi connectivity index (χ3n) is 5.61. The average molecular weight is 448 g/mol. The van der Waals surface area contributed by atoms with Crippen molar-refractivity contribution in [2.75, 3.05) is 5.32 Å². The SMILES string of the molecule is Cl.O=C(NC1CC1)c1cccc2[nH]c(-c3nc(NC4CCC[C@@H]4O)ncc3Cl)cc12. The Balaban J connectivity index is 0.00000218. The Labute approximate surface area is 185 Å². The third-order valence-corrected chi connectivity index (χ3v) is 5.89. The van der Waals surface area contributed by atoms with E-state index in [9.17, 15) is 9.90 Å². The van der Waals surface area contributed by atoms with Gasteiger partial charge in [-0.25, -0.2) is 9.97 Å². The van der Waals surface area contributed by atoms with Crippen molar-refractivity contribution < 1.29 is 9.90 Å². The molecule has 9 heteroatoms. The highest BCUT2D eigenvalue weighted by Gasteiger charge is 2.27. The highest BCUT2D eigenvalue weighted by molar-refractivity contribution is 6.33. The van der Waals surface area contributed by atoms with Crippen molar-refractivity contribution in [1.29, 1.82) is 0 Å². The summed E-state index contributed by atoms with van der Waals surface area (Å²) in [6.45, 7) is 0. The van der Waals surface area contributed by atoms with Crippen LogP contribution in [0.4, 0.5) is 5.95 Å². The smallest absolute Gasteiger partial charge is 0.252 e. The van der Waals surface area contributed by atoms with Gasteiger partial charge in [-0.05, 0) is 50.3 Å². The van der Waals surface area contributed by atoms with E-state index < -0.39 is 6.10 Å². The van der Waals surface area contributed by atoms with Crippen LogP contribution in [0.15, 0.2) is 30.5 Å². The Hall–Kier alpha value is -2.35. The lowest BCUT2D eigenvalue weighted by Crippen LogP contribution is -2.28. The first kappa shape index (κ1) is 20.9. The van der Waals surface area contributed by atoms with Crippen LogP contribution >= 0.6 is 24.0 Å². The Morgan fingerprint density at radius 1 is 1.23 bits per heavy atom. The van der Waals surface area contributed by atoms with E-state index in [2.05, 4.69) is 25.6 Å². The number of rotatable bonds is 5. The van der Waals surface area contributed by atoms with Gasteiger partial charge in [-0.15, -0.1) is 12.4 Å². The number of H-pyrrole nitrogens is 1. The van der Waals surface area contributed by atoms with Gasteiger partial charge in [-0.2, -0.15) is 0 Å². The minimum Gasteiger partial charge on any atom is -0.391 e. The molecule has 0 radical (unpaired) electrons. The van der Waals surface area contributed by atoms with Gasteiger partial charge in [0.2, 0.25) is 5.95 Å². The summed E-state index contributed by atoms with van der Waals surface area (Å²) in [7, 11) is 0. The van der Waals surface area contributed by atoms with Crippen LogP contribution in [0.1, 0.15) is 42.5 Å². The largest absolute Gasteiger partial charge is 0.391 e. The Bertz CT molecular complexity index is 1080. The van der Waals surface area contributed by atoms with E-state index in [1.807, 2.05) is 24.3 Å². The zero-order valence-corrected chi connectivity index (χ0v) is 17.8. The molecule has 0 aliphatic heterocycles. The maximum atomic E-state index is 12.6. The van der Waals surface area contributed by atoms with E-state index in [1.165, 1.54) is 0 Å². The minimum absolute atomic E-state index is 0.